The zero-order chi connectivity index (χ0) is 24.8. The first-order valence-corrected chi connectivity index (χ1v) is 10.2. The summed E-state index contributed by atoms with van der Waals surface area (Å²) in [6, 6.07) is 8.09. The maximum atomic E-state index is 14.5. The van der Waals surface area contributed by atoms with E-state index in [4.69, 9.17) is 5.26 Å². The highest BCUT2D eigenvalue weighted by Gasteiger charge is 2.55. The van der Waals surface area contributed by atoms with E-state index < -0.39 is 35.4 Å². The van der Waals surface area contributed by atoms with Crippen LogP contribution in [0.3, 0.4) is 0 Å². The maximum Gasteiger partial charge on any atom is 0.424 e. The fraction of sp³-hybridized carbons (Fsp3) is 0.304. The Morgan fingerprint density at radius 3 is 2.56 bits per heavy atom. The minimum absolute atomic E-state index is 0.0358. The van der Waals surface area contributed by atoms with Crippen LogP contribution in [0, 0.1) is 17.1 Å². The van der Waals surface area contributed by atoms with Crippen molar-refractivity contribution >= 4 is 5.91 Å². The fourth-order valence-corrected chi connectivity index (χ4v) is 3.96. The molecule has 4 rings (SSSR count). The van der Waals surface area contributed by atoms with Gasteiger partial charge in [-0.15, -0.1) is 0 Å². The molecule has 0 aliphatic carbocycles. The molecule has 3 heterocycles. The number of carbonyl (C=O) groups excluding carboxylic acids is 1. The summed E-state index contributed by atoms with van der Waals surface area (Å²) in [4.78, 5) is 22.5. The predicted octanol–water partition coefficient (Wildman–Crippen LogP) is 3.94. The lowest BCUT2D eigenvalue weighted by molar-refractivity contribution is -0.263. The van der Waals surface area contributed by atoms with Crippen molar-refractivity contribution < 1.29 is 27.5 Å². The van der Waals surface area contributed by atoms with Gasteiger partial charge < -0.3 is 14.6 Å². The molecule has 3 aromatic rings. The van der Waals surface area contributed by atoms with Gasteiger partial charge in [0.1, 0.15) is 11.9 Å². The minimum atomic E-state index is -4.92. The summed E-state index contributed by atoms with van der Waals surface area (Å²) >= 11 is 0. The third-order valence-electron chi connectivity index (χ3n) is 5.81. The number of fused-ring (bicyclic) bond motifs is 1. The van der Waals surface area contributed by atoms with E-state index in [1.165, 1.54) is 46.1 Å². The van der Waals surface area contributed by atoms with Crippen molar-refractivity contribution in [3.05, 3.63) is 71.2 Å². The molecule has 0 bridgehead atoms. The topological polar surface area (TPSA) is 95.0 Å². The highest BCUT2D eigenvalue weighted by molar-refractivity contribution is 5.95. The number of nitriles is 1. The van der Waals surface area contributed by atoms with Gasteiger partial charge >= 0.3 is 6.18 Å². The van der Waals surface area contributed by atoms with Gasteiger partial charge in [0.05, 0.1) is 35.7 Å². The quantitative estimate of drug-likeness (QED) is 0.582. The number of imidazole rings is 1. The Balaban J connectivity index is 1.63. The van der Waals surface area contributed by atoms with Crippen LogP contribution in [0.1, 0.15) is 47.3 Å². The minimum Gasteiger partial charge on any atom is -0.374 e. The Morgan fingerprint density at radius 1 is 1.21 bits per heavy atom. The van der Waals surface area contributed by atoms with Crippen molar-refractivity contribution in [3.8, 4) is 17.3 Å². The van der Waals surface area contributed by atoms with Gasteiger partial charge in [0.15, 0.2) is 5.82 Å². The second-order valence-electron chi connectivity index (χ2n) is 8.29. The Kier molecular flexibility index (Phi) is 5.65. The molecule has 11 heteroatoms. The van der Waals surface area contributed by atoms with E-state index in [0.29, 0.717) is 18.2 Å². The molecular formula is C23H19F4N5O2. The van der Waals surface area contributed by atoms with Crippen LogP contribution in [-0.2, 0) is 12.1 Å². The first-order chi connectivity index (χ1) is 15.9. The number of aliphatic hydroxyl groups is 1. The lowest BCUT2D eigenvalue weighted by atomic mass is 10.0. The molecule has 1 aliphatic rings. The number of pyridine rings is 1. The molecule has 1 amide bonds. The zero-order valence-corrected chi connectivity index (χ0v) is 18.1. The lowest BCUT2D eigenvalue weighted by Crippen LogP contribution is -2.45. The highest BCUT2D eigenvalue weighted by Crippen LogP contribution is 2.40. The van der Waals surface area contributed by atoms with Crippen molar-refractivity contribution in [1.29, 1.82) is 5.26 Å². The number of aromatic nitrogens is 3. The van der Waals surface area contributed by atoms with Gasteiger partial charge in [-0.05, 0) is 44.2 Å². The number of carbonyl (C=O) groups is 1. The van der Waals surface area contributed by atoms with E-state index in [1.54, 1.807) is 6.92 Å². The second kappa shape index (κ2) is 8.22. The van der Waals surface area contributed by atoms with Crippen LogP contribution >= 0.6 is 0 Å². The first kappa shape index (κ1) is 23.4. The Bertz CT molecular complexity index is 1290. The first-order valence-electron chi connectivity index (χ1n) is 10.2. The number of rotatable bonds is 3. The van der Waals surface area contributed by atoms with Crippen LogP contribution < -0.4 is 0 Å². The number of benzene rings is 1. The largest absolute Gasteiger partial charge is 0.424 e. The lowest BCUT2D eigenvalue weighted by Gasteiger charge is -2.36. The van der Waals surface area contributed by atoms with Crippen LogP contribution in [0.15, 0.2) is 42.7 Å². The molecule has 2 atom stereocenters. The number of halogens is 4. The summed E-state index contributed by atoms with van der Waals surface area (Å²) in [6.07, 6.45) is -2.42. The second-order valence-corrected chi connectivity index (χ2v) is 8.29. The van der Waals surface area contributed by atoms with Gasteiger partial charge in [-0.3, -0.25) is 9.78 Å². The summed E-state index contributed by atoms with van der Waals surface area (Å²) in [5.41, 5.74) is -2.01. The van der Waals surface area contributed by atoms with Crippen molar-refractivity contribution in [2.45, 2.75) is 38.2 Å². The molecule has 34 heavy (non-hydrogen) atoms. The molecule has 0 fully saturated rings. The number of hydrogen-bond donors (Lipinski definition) is 1. The molecule has 0 saturated heterocycles. The highest BCUT2D eigenvalue weighted by atomic mass is 19.4. The van der Waals surface area contributed by atoms with E-state index in [1.807, 2.05) is 6.07 Å². The Morgan fingerprint density at radius 2 is 1.94 bits per heavy atom. The Hall–Kier alpha value is -3.78. The van der Waals surface area contributed by atoms with Gasteiger partial charge in [0.25, 0.3) is 5.91 Å². The monoisotopic (exact) mass is 473 g/mol. The molecule has 0 spiro atoms. The van der Waals surface area contributed by atoms with E-state index in [9.17, 15) is 27.5 Å². The van der Waals surface area contributed by atoms with Gasteiger partial charge in [-0.2, -0.15) is 18.4 Å². The average molecular weight is 473 g/mol. The van der Waals surface area contributed by atoms with Crippen molar-refractivity contribution in [3.63, 3.8) is 0 Å². The van der Waals surface area contributed by atoms with Gasteiger partial charge in [-0.25, -0.2) is 9.37 Å². The third-order valence-corrected chi connectivity index (χ3v) is 5.81. The molecule has 7 nitrogen and oxygen atoms in total. The van der Waals surface area contributed by atoms with Crippen molar-refractivity contribution in [1.82, 2.24) is 19.4 Å². The van der Waals surface area contributed by atoms with Crippen LogP contribution in [0.4, 0.5) is 17.6 Å². The van der Waals surface area contributed by atoms with Gasteiger partial charge in [-0.1, -0.05) is 0 Å². The van der Waals surface area contributed by atoms with Crippen LogP contribution in [0.5, 0.6) is 0 Å². The number of alkyl halides is 3. The maximum absolute atomic E-state index is 14.5. The molecule has 1 unspecified atom stereocenters. The van der Waals surface area contributed by atoms with E-state index >= 15 is 0 Å². The third kappa shape index (κ3) is 3.90. The summed E-state index contributed by atoms with van der Waals surface area (Å²) in [7, 11) is 0. The summed E-state index contributed by atoms with van der Waals surface area (Å²) in [5, 5.41) is 19.0. The molecule has 0 saturated carbocycles. The normalized spacial score (nSPS) is 17.6. The number of hydrogen-bond acceptors (Lipinski definition) is 5. The SMILES string of the molecule is C[C@H]1CN(C(=O)c2ccc(F)c(-c3ccc(C#N)cn3)c2)Cc2cnc(C(C)(O)C(F)(F)F)n21. The molecule has 1 aromatic carbocycles. The standard InChI is InChI=1S/C23H19F4N5O2/c1-13-11-31(12-16-10-30-21(32(13)16)22(2,34)23(25,26)27)20(33)15-4-5-18(24)17(7-15)19-6-3-14(8-28)9-29-19/h3-7,9-10,13,34H,11-12H2,1-2H3/t13-,22?/m0/s1. The Labute approximate surface area is 191 Å². The van der Waals surface area contributed by atoms with Crippen molar-refractivity contribution in [2.75, 3.05) is 6.54 Å². The smallest absolute Gasteiger partial charge is 0.374 e. The molecule has 1 aliphatic heterocycles. The van der Waals surface area contributed by atoms with Crippen LogP contribution in [-0.4, -0.2) is 43.2 Å². The van der Waals surface area contributed by atoms with Crippen LogP contribution in [0.25, 0.3) is 11.3 Å². The summed E-state index contributed by atoms with van der Waals surface area (Å²) < 4.78 is 55.8. The van der Waals surface area contributed by atoms with E-state index in [-0.39, 0.29) is 29.9 Å². The zero-order valence-electron chi connectivity index (χ0n) is 18.1. The van der Waals surface area contributed by atoms with E-state index in [2.05, 4.69) is 9.97 Å². The molecule has 2 aromatic heterocycles. The predicted molar refractivity (Wildman–Crippen MR) is 112 cm³/mol. The van der Waals surface area contributed by atoms with Crippen LogP contribution in [0.2, 0.25) is 0 Å². The molecular weight excluding hydrogens is 454 g/mol. The van der Waals surface area contributed by atoms with Gasteiger partial charge in [0.2, 0.25) is 5.60 Å². The van der Waals surface area contributed by atoms with E-state index in [0.717, 1.165) is 6.07 Å². The summed E-state index contributed by atoms with van der Waals surface area (Å²) in [6.45, 7) is 2.29. The number of nitrogens with zero attached hydrogens (tertiary/aromatic N) is 5. The fourth-order valence-electron chi connectivity index (χ4n) is 3.96. The molecule has 0 radical (unpaired) electrons. The van der Waals surface area contributed by atoms with Gasteiger partial charge in [0, 0.05) is 23.9 Å². The van der Waals surface area contributed by atoms with Crippen molar-refractivity contribution in [2.24, 2.45) is 0 Å². The molecule has 176 valence electrons. The number of amides is 1. The molecule has 1 N–H and O–H groups in total. The summed E-state index contributed by atoms with van der Waals surface area (Å²) in [5.74, 6) is -1.58. The average Bonchev–Trinajstić information content (AvgIpc) is 3.24.